The molecule has 1 heterocycles. The number of halogens is 1. The second-order valence-corrected chi connectivity index (χ2v) is 4.72. The molecule has 3 nitrogen and oxygen atoms in total. The van der Waals surface area contributed by atoms with E-state index in [1.165, 1.54) is 11.8 Å². The van der Waals surface area contributed by atoms with E-state index in [-0.39, 0.29) is 5.82 Å². The molecule has 0 aliphatic heterocycles. The molecule has 18 heavy (non-hydrogen) atoms. The van der Waals surface area contributed by atoms with Gasteiger partial charge >= 0.3 is 0 Å². The minimum atomic E-state index is -0.409. The van der Waals surface area contributed by atoms with Crippen LogP contribution >= 0.6 is 11.8 Å². The van der Waals surface area contributed by atoms with Crippen LogP contribution in [-0.4, -0.2) is 16.2 Å². The molecule has 1 aromatic heterocycles. The van der Waals surface area contributed by atoms with Gasteiger partial charge in [-0.25, -0.2) is 14.4 Å². The Morgan fingerprint density at radius 2 is 1.78 bits per heavy atom. The fourth-order valence-corrected chi connectivity index (χ4v) is 1.89. The molecule has 1 aromatic carbocycles. The second kappa shape index (κ2) is 5.35. The molecule has 94 valence electrons. The summed E-state index contributed by atoms with van der Waals surface area (Å²) >= 11 is 1.39. The lowest BCUT2D eigenvalue weighted by Gasteiger charge is -2.09. The van der Waals surface area contributed by atoms with Gasteiger partial charge in [0, 0.05) is 5.69 Å². The molecule has 0 unspecified atom stereocenters. The molecule has 2 rings (SSSR count). The first-order valence-electron chi connectivity index (χ1n) is 5.52. The Balaban J connectivity index is 2.33. The third kappa shape index (κ3) is 2.79. The van der Waals surface area contributed by atoms with Crippen molar-refractivity contribution in [2.24, 2.45) is 0 Å². The normalized spacial score (nSPS) is 10.4. The van der Waals surface area contributed by atoms with Gasteiger partial charge in [-0.2, -0.15) is 0 Å². The van der Waals surface area contributed by atoms with Crippen LogP contribution in [0.2, 0.25) is 0 Å². The van der Waals surface area contributed by atoms with Gasteiger partial charge in [-0.05, 0) is 32.2 Å². The quantitative estimate of drug-likeness (QED) is 0.677. The Bertz CT molecular complexity index is 555. The summed E-state index contributed by atoms with van der Waals surface area (Å²) in [6.45, 7) is 3.64. The molecule has 1 N–H and O–H groups in total. The lowest BCUT2D eigenvalue weighted by molar-refractivity contribution is 0.598. The molecule has 0 amide bonds. The third-order valence-corrected chi connectivity index (χ3v) is 3.04. The molecule has 5 heteroatoms. The number of benzene rings is 1. The fraction of sp³-hybridized carbons (Fsp3) is 0.231. The number of rotatable bonds is 3. The van der Waals surface area contributed by atoms with Gasteiger partial charge in [0.05, 0.1) is 5.69 Å². The Morgan fingerprint density at radius 3 is 2.39 bits per heavy atom. The van der Waals surface area contributed by atoms with Crippen molar-refractivity contribution >= 4 is 23.3 Å². The number of thioether (sulfide) groups is 1. The summed E-state index contributed by atoms with van der Waals surface area (Å²) in [5, 5.41) is 3.53. The highest BCUT2D eigenvalue weighted by Gasteiger charge is 2.11. The average molecular weight is 263 g/mol. The zero-order valence-electron chi connectivity index (χ0n) is 10.5. The maximum atomic E-state index is 13.9. The molecule has 0 fully saturated rings. The molecular formula is C13H14FN3S. The fourth-order valence-electron chi connectivity index (χ4n) is 1.48. The van der Waals surface area contributed by atoms with Gasteiger partial charge in [0.2, 0.25) is 0 Å². The molecule has 0 bridgehead atoms. The maximum absolute atomic E-state index is 13.9. The van der Waals surface area contributed by atoms with Gasteiger partial charge in [0.15, 0.2) is 16.8 Å². The first-order valence-corrected chi connectivity index (χ1v) is 6.74. The number of hydrogen-bond acceptors (Lipinski definition) is 4. The zero-order chi connectivity index (χ0) is 13.1. The molecular weight excluding hydrogens is 249 g/mol. The first kappa shape index (κ1) is 12.8. The first-order chi connectivity index (χ1) is 8.60. The van der Waals surface area contributed by atoms with Crippen LogP contribution in [0.25, 0.3) is 0 Å². The molecule has 0 radical (unpaired) electrons. The van der Waals surface area contributed by atoms with Gasteiger partial charge in [-0.3, -0.25) is 0 Å². The lowest BCUT2D eigenvalue weighted by atomic mass is 10.2. The van der Waals surface area contributed by atoms with Crippen molar-refractivity contribution in [3.63, 3.8) is 0 Å². The minimum Gasteiger partial charge on any atom is -0.338 e. The van der Waals surface area contributed by atoms with Gasteiger partial charge in [0.25, 0.3) is 0 Å². The molecule has 0 spiro atoms. The Hall–Kier alpha value is -1.62. The van der Waals surface area contributed by atoms with Gasteiger partial charge in [-0.15, -0.1) is 0 Å². The van der Waals surface area contributed by atoms with Crippen LogP contribution in [0.15, 0.2) is 29.4 Å². The van der Waals surface area contributed by atoms with Crippen molar-refractivity contribution in [3.05, 3.63) is 41.3 Å². The van der Waals surface area contributed by atoms with Crippen LogP contribution in [0.5, 0.6) is 0 Å². The predicted octanol–water partition coefficient (Wildman–Crippen LogP) is 3.70. The minimum absolute atomic E-state index is 0.218. The summed E-state index contributed by atoms with van der Waals surface area (Å²) < 4.78 is 13.9. The molecule has 0 aliphatic carbocycles. The van der Waals surface area contributed by atoms with Crippen LogP contribution in [0, 0.1) is 19.7 Å². The highest BCUT2D eigenvalue weighted by atomic mass is 32.2. The van der Waals surface area contributed by atoms with E-state index in [0.29, 0.717) is 10.9 Å². The number of nitrogens with zero attached hydrogens (tertiary/aromatic N) is 2. The van der Waals surface area contributed by atoms with E-state index in [4.69, 9.17) is 0 Å². The zero-order valence-corrected chi connectivity index (χ0v) is 11.3. The van der Waals surface area contributed by atoms with Crippen molar-refractivity contribution in [2.45, 2.75) is 19.0 Å². The van der Waals surface area contributed by atoms with Crippen LogP contribution in [0.3, 0.4) is 0 Å². The van der Waals surface area contributed by atoms with Gasteiger partial charge < -0.3 is 5.32 Å². The number of aromatic nitrogens is 2. The average Bonchev–Trinajstić information content (AvgIpc) is 2.37. The SMILES string of the molecule is CSc1nc(C)c(F)c(Nc2ccc(C)cc2)n1. The van der Waals surface area contributed by atoms with E-state index < -0.39 is 5.82 Å². The molecule has 2 aromatic rings. The van der Waals surface area contributed by atoms with E-state index in [2.05, 4.69) is 15.3 Å². The third-order valence-electron chi connectivity index (χ3n) is 2.49. The summed E-state index contributed by atoms with van der Waals surface area (Å²) in [4.78, 5) is 8.18. The molecule has 0 aliphatic rings. The number of hydrogen-bond donors (Lipinski definition) is 1. The number of anilines is 2. The topological polar surface area (TPSA) is 37.8 Å². The number of aryl methyl sites for hydroxylation is 2. The van der Waals surface area contributed by atoms with Crippen molar-refractivity contribution in [1.82, 2.24) is 9.97 Å². The van der Waals surface area contributed by atoms with Crippen LogP contribution in [0.4, 0.5) is 15.9 Å². The van der Waals surface area contributed by atoms with Crippen molar-refractivity contribution in [1.29, 1.82) is 0 Å². The summed E-state index contributed by atoms with van der Waals surface area (Å²) in [5.74, 6) is -0.191. The summed E-state index contributed by atoms with van der Waals surface area (Å²) in [5.41, 5.74) is 2.32. The largest absolute Gasteiger partial charge is 0.338 e. The van der Waals surface area contributed by atoms with E-state index in [0.717, 1.165) is 11.3 Å². The summed E-state index contributed by atoms with van der Waals surface area (Å²) in [7, 11) is 0. The van der Waals surface area contributed by atoms with Gasteiger partial charge in [0.1, 0.15) is 0 Å². The summed E-state index contributed by atoms with van der Waals surface area (Å²) in [6, 6.07) is 7.71. The van der Waals surface area contributed by atoms with Crippen molar-refractivity contribution in [3.8, 4) is 0 Å². The monoisotopic (exact) mass is 263 g/mol. The molecule has 0 atom stereocenters. The molecule has 0 saturated heterocycles. The lowest BCUT2D eigenvalue weighted by Crippen LogP contribution is -2.03. The van der Waals surface area contributed by atoms with Gasteiger partial charge in [-0.1, -0.05) is 29.5 Å². The van der Waals surface area contributed by atoms with Crippen molar-refractivity contribution in [2.75, 3.05) is 11.6 Å². The number of nitrogens with one attached hydrogen (secondary N) is 1. The molecule has 0 saturated carbocycles. The smallest absolute Gasteiger partial charge is 0.189 e. The Labute approximate surface area is 110 Å². The Kier molecular flexibility index (Phi) is 3.81. The Morgan fingerprint density at radius 1 is 1.11 bits per heavy atom. The predicted molar refractivity (Wildman–Crippen MR) is 73.0 cm³/mol. The maximum Gasteiger partial charge on any atom is 0.189 e. The second-order valence-electron chi connectivity index (χ2n) is 3.95. The van der Waals surface area contributed by atoms with Crippen molar-refractivity contribution < 1.29 is 4.39 Å². The highest BCUT2D eigenvalue weighted by Crippen LogP contribution is 2.22. The summed E-state index contributed by atoms with van der Waals surface area (Å²) in [6.07, 6.45) is 1.86. The van der Waals surface area contributed by atoms with E-state index in [9.17, 15) is 4.39 Å². The van der Waals surface area contributed by atoms with E-state index >= 15 is 0 Å². The van der Waals surface area contributed by atoms with Crippen LogP contribution < -0.4 is 5.32 Å². The van der Waals surface area contributed by atoms with Crippen LogP contribution in [0.1, 0.15) is 11.3 Å². The standard InChI is InChI=1S/C13H14FN3S/c1-8-4-6-10(7-5-8)16-12-11(14)9(2)15-13(17-12)18-3/h4-7H,1-3H3,(H,15,16,17). The van der Waals surface area contributed by atoms with Crippen LogP contribution in [-0.2, 0) is 0 Å². The van der Waals surface area contributed by atoms with E-state index in [1.807, 2.05) is 37.4 Å². The van der Waals surface area contributed by atoms with E-state index in [1.54, 1.807) is 6.92 Å². The highest BCUT2D eigenvalue weighted by molar-refractivity contribution is 7.98.